The molecule has 3 aliphatic heterocycles. The van der Waals surface area contributed by atoms with E-state index < -0.39 is 11.9 Å². The number of rotatable bonds is 8. The minimum Gasteiger partial charge on any atom is -0.322 e. The van der Waals surface area contributed by atoms with Crippen LogP contribution in [-0.2, 0) is 29.1 Å². The lowest BCUT2D eigenvalue weighted by Gasteiger charge is -2.29. The molecule has 1 unspecified atom stereocenters. The van der Waals surface area contributed by atoms with Gasteiger partial charge in [-0.25, -0.2) is 0 Å². The zero-order valence-corrected chi connectivity index (χ0v) is 31.1. The van der Waals surface area contributed by atoms with Gasteiger partial charge in [-0.2, -0.15) is 0 Å². The molecule has 3 aromatic heterocycles. The van der Waals surface area contributed by atoms with E-state index in [2.05, 4.69) is 55.2 Å². The Labute approximate surface area is 315 Å². The van der Waals surface area contributed by atoms with E-state index in [1.165, 1.54) is 0 Å². The summed E-state index contributed by atoms with van der Waals surface area (Å²) >= 11 is 7.82. The molecule has 5 aromatic rings. The van der Waals surface area contributed by atoms with Crippen LogP contribution in [0.15, 0.2) is 53.7 Å². The summed E-state index contributed by atoms with van der Waals surface area (Å²) in [4.78, 5) is 44.9. The van der Waals surface area contributed by atoms with Gasteiger partial charge in [0.2, 0.25) is 11.8 Å². The number of thiophene rings is 1. The molecule has 0 bridgehead atoms. The molecule has 2 aromatic carbocycles. The van der Waals surface area contributed by atoms with Crippen LogP contribution in [0.3, 0.4) is 0 Å². The summed E-state index contributed by atoms with van der Waals surface area (Å²) < 4.78 is 3.92. The smallest absolute Gasteiger partial charge is 0.255 e. The molecule has 2 atom stereocenters. The molecule has 14 heteroatoms. The first-order valence-corrected chi connectivity index (χ1v) is 18.9. The highest BCUT2D eigenvalue weighted by Gasteiger charge is 2.39. The number of amides is 3. The second-order valence-electron chi connectivity index (χ2n) is 13.6. The number of piperidine rings is 1. The number of hydrogen-bond acceptors (Lipinski definition) is 9. The number of hydrogen-bond donors (Lipinski definition) is 1. The number of benzene rings is 2. The number of halogens is 1. The summed E-state index contributed by atoms with van der Waals surface area (Å²) in [5.74, 6) is 7.35. The average molecular weight is 746 g/mol. The van der Waals surface area contributed by atoms with Crippen LogP contribution >= 0.6 is 22.9 Å². The lowest BCUT2D eigenvalue weighted by atomic mass is 9.98. The van der Waals surface area contributed by atoms with Crippen LogP contribution in [0, 0.1) is 25.7 Å². The largest absolute Gasteiger partial charge is 0.322 e. The number of nitrogens with one attached hydrogen (secondary N) is 1. The van der Waals surface area contributed by atoms with Crippen molar-refractivity contribution in [3.63, 3.8) is 0 Å². The number of unbranched alkanes of at least 4 members (excludes halogenated alkanes) is 2. The Balaban J connectivity index is 0.917. The van der Waals surface area contributed by atoms with Crippen molar-refractivity contribution < 1.29 is 14.4 Å². The summed E-state index contributed by atoms with van der Waals surface area (Å²) in [5, 5.41) is 21.5. The molecule has 3 aliphatic rings. The fourth-order valence-corrected chi connectivity index (χ4v) is 8.68. The van der Waals surface area contributed by atoms with Gasteiger partial charge in [0.15, 0.2) is 11.5 Å². The van der Waals surface area contributed by atoms with Crippen molar-refractivity contribution in [3.05, 3.63) is 109 Å². The van der Waals surface area contributed by atoms with E-state index >= 15 is 0 Å². The molecule has 268 valence electrons. The number of carbonyl (C=O) groups excluding carboxylic acids is 3. The number of aliphatic imine (C=N–C) groups is 1. The van der Waals surface area contributed by atoms with Gasteiger partial charge in [-0.15, -0.1) is 26.6 Å². The van der Waals surface area contributed by atoms with Crippen molar-refractivity contribution in [1.82, 2.24) is 40.0 Å². The summed E-state index contributed by atoms with van der Waals surface area (Å²) in [5.41, 5.74) is 7.25. The van der Waals surface area contributed by atoms with Crippen LogP contribution in [0.1, 0.15) is 105 Å². The Kier molecular flexibility index (Phi) is 9.26. The monoisotopic (exact) mass is 745 g/mol. The number of aryl methyl sites for hydroxylation is 3. The Morgan fingerprint density at radius 2 is 1.83 bits per heavy atom. The van der Waals surface area contributed by atoms with Gasteiger partial charge < -0.3 is 4.90 Å². The third-order valence-electron chi connectivity index (χ3n) is 10.1. The van der Waals surface area contributed by atoms with Crippen molar-refractivity contribution >= 4 is 46.4 Å². The van der Waals surface area contributed by atoms with E-state index in [1.807, 2.05) is 61.1 Å². The molecule has 1 saturated heterocycles. The molecule has 12 nitrogen and oxygen atoms in total. The molecular weight excluding hydrogens is 710 g/mol. The van der Waals surface area contributed by atoms with Crippen LogP contribution in [-0.4, -0.2) is 64.1 Å². The van der Waals surface area contributed by atoms with Crippen molar-refractivity contribution in [1.29, 1.82) is 0 Å². The first-order valence-electron chi connectivity index (χ1n) is 17.7. The van der Waals surface area contributed by atoms with Crippen LogP contribution in [0.4, 0.5) is 0 Å². The number of fused-ring (bicyclic) bond motifs is 4. The maximum Gasteiger partial charge on any atom is 0.255 e. The number of carbonyl (C=O) groups is 3. The molecule has 1 fully saturated rings. The predicted octanol–water partition coefficient (Wildman–Crippen LogP) is 5.68. The molecule has 6 heterocycles. The number of nitrogens with zero attached hydrogens (tertiary/aromatic N) is 8. The first-order chi connectivity index (χ1) is 25.7. The second kappa shape index (κ2) is 14.2. The maximum atomic E-state index is 13.2. The predicted molar refractivity (Wildman–Crippen MR) is 200 cm³/mol. The highest BCUT2D eigenvalue weighted by molar-refractivity contribution is 7.15. The van der Waals surface area contributed by atoms with E-state index in [9.17, 15) is 14.4 Å². The van der Waals surface area contributed by atoms with Gasteiger partial charge in [-0.3, -0.25) is 33.9 Å². The van der Waals surface area contributed by atoms with E-state index in [4.69, 9.17) is 16.6 Å². The highest BCUT2D eigenvalue weighted by atomic mass is 35.5. The number of aromatic nitrogens is 6. The molecule has 0 spiro atoms. The van der Waals surface area contributed by atoms with Crippen molar-refractivity contribution in [2.24, 2.45) is 4.99 Å². The lowest BCUT2D eigenvalue weighted by molar-refractivity contribution is -0.136. The lowest BCUT2D eigenvalue weighted by Crippen LogP contribution is -2.52. The van der Waals surface area contributed by atoms with Crippen LogP contribution in [0.5, 0.6) is 0 Å². The Bertz CT molecular complexity index is 2380. The normalized spacial score (nSPS) is 17.8. The van der Waals surface area contributed by atoms with Gasteiger partial charge >= 0.3 is 0 Å². The molecule has 0 saturated carbocycles. The van der Waals surface area contributed by atoms with Crippen LogP contribution in [0.25, 0.3) is 5.00 Å². The van der Waals surface area contributed by atoms with Gasteiger partial charge in [-0.1, -0.05) is 47.5 Å². The van der Waals surface area contributed by atoms with Gasteiger partial charge in [0.1, 0.15) is 22.9 Å². The fourth-order valence-electron chi connectivity index (χ4n) is 7.33. The van der Waals surface area contributed by atoms with Crippen molar-refractivity contribution in [2.75, 3.05) is 0 Å². The third kappa shape index (κ3) is 6.57. The van der Waals surface area contributed by atoms with Gasteiger partial charge in [0.25, 0.3) is 5.91 Å². The minimum atomic E-state index is -0.610. The maximum absolute atomic E-state index is 13.2. The third-order valence-corrected chi connectivity index (χ3v) is 11.5. The number of imide groups is 1. The topological polar surface area (TPSA) is 140 Å². The molecule has 3 amide bonds. The minimum absolute atomic E-state index is 0.142. The quantitative estimate of drug-likeness (QED) is 0.123. The highest BCUT2D eigenvalue weighted by Crippen LogP contribution is 2.39. The molecule has 1 N–H and O–H groups in total. The molecule has 8 rings (SSSR count). The standard InChI is InChI=1S/C39H36ClN9O3S/c1-22-32(53-39-34(22)35(26-11-13-27(40)14-12-26)41-23(2)36-45-43-24(3)49(36)39)17-15-28-20-47(46-44-28)19-6-4-5-8-25-9-7-10-29-30(25)21-48(38(29)52)31-16-18-33(50)42-37(31)51/h7,9-14,20,23,31H,4-6,8,16,18-19,21H2,1-3H3,(H,42,50,51)/t23-,31?/m0/s1. The zero-order chi connectivity index (χ0) is 36.8. The van der Waals surface area contributed by atoms with E-state index in [0.717, 1.165) is 80.7 Å². The molecular formula is C39H36ClN9O3S. The fraction of sp³-hybridized carbons (Fsp3) is 0.333. The van der Waals surface area contributed by atoms with Gasteiger partial charge in [-0.05, 0) is 93.2 Å². The first kappa shape index (κ1) is 34.6. The molecule has 0 radical (unpaired) electrons. The van der Waals surface area contributed by atoms with E-state index in [-0.39, 0.29) is 24.3 Å². The van der Waals surface area contributed by atoms with Gasteiger partial charge in [0, 0.05) is 41.2 Å². The molecule has 0 aliphatic carbocycles. The summed E-state index contributed by atoms with van der Waals surface area (Å²) in [6.45, 7) is 7.17. The summed E-state index contributed by atoms with van der Waals surface area (Å²) in [6.07, 6.45) is 6.14. The summed E-state index contributed by atoms with van der Waals surface area (Å²) in [6, 6.07) is 12.7. The summed E-state index contributed by atoms with van der Waals surface area (Å²) in [7, 11) is 0. The van der Waals surface area contributed by atoms with Gasteiger partial charge in [0.05, 0.1) is 16.8 Å². The Hall–Kier alpha value is -5.45. The average Bonchev–Trinajstić information content (AvgIpc) is 3.90. The van der Waals surface area contributed by atoms with Crippen LogP contribution < -0.4 is 5.32 Å². The molecule has 53 heavy (non-hydrogen) atoms. The van der Waals surface area contributed by atoms with Crippen molar-refractivity contribution in [3.8, 4) is 16.8 Å². The Morgan fingerprint density at radius 3 is 2.64 bits per heavy atom. The second-order valence-corrected chi connectivity index (χ2v) is 15.0. The SMILES string of the molecule is Cc1c(C#Cc2cn(CCCCCc3cccc4c3CN(C3CCC(=O)NC3=O)C4=O)nn2)sc2c1C(c1ccc(Cl)cc1)=N[C@@H](C)c1nnc(C)n1-2. The zero-order valence-electron chi connectivity index (χ0n) is 29.5. The Morgan fingerprint density at radius 1 is 1.00 bits per heavy atom. The van der Waals surface area contributed by atoms with Crippen molar-refractivity contribution in [2.45, 2.75) is 84.5 Å². The van der Waals surface area contributed by atoms with E-state index in [1.54, 1.807) is 16.2 Å². The van der Waals surface area contributed by atoms with Crippen LogP contribution in [0.2, 0.25) is 5.02 Å². The van der Waals surface area contributed by atoms with E-state index in [0.29, 0.717) is 35.8 Å².